The number of carbonyl (C=O) groups is 1. The Morgan fingerprint density at radius 3 is 2.58 bits per heavy atom. The van der Waals surface area contributed by atoms with Gasteiger partial charge in [-0.15, -0.1) is 0 Å². The van der Waals surface area contributed by atoms with Gasteiger partial charge in [0.15, 0.2) is 0 Å². The van der Waals surface area contributed by atoms with Crippen molar-refractivity contribution in [2.75, 3.05) is 27.2 Å². The van der Waals surface area contributed by atoms with Gasteiger partial charge in [0.1, 0.15) is 0 Å². The van der Waals surface area contributed by atoms with E-state index in [0.717, 1.165) is 6.42 Å². The second kappa shape index (κ2) is 5.97. The molecule has 12 heavy (non-hydrogen) atoms. The summed E-state index contributed by atoms with van der Waals surface area (Å²) in [5.41, 5.74) is 5.62. The lowest BCUT2D eigenvalue weighted by Gasteiger charge is -2.12. The van der Waals surface area contributed by atoms with Crippen LogP contribution in [0.15, 0.2) is 0 Å². The van der Waals surface area contributed by atoms with Crippen LogP contribution in [0.4, 0.5) is 0 Å². The van der Waals surface area contributed by atoms with Crippen LogP contribution in [0.1, 0.15) is 13.3 Å². The van der Waals surface area contributed by atoms with E-state index >= 15 is 0 Å². The molecule has 3 N–H and O–H groups in total. The molecule has 0 fully saturated rings. The summed E-state index contributed by atoms with van der Waals surface area (Å²) in [5.74, 6) is 0.0314. The molecule has 0 aliphatic heterocycles. The lowest BCUT2D eigenvalue weighted by molar-refractivity contribution is -0.121. The first kappa shape index (κ1) is 11.4. The summed E-state index contributed by atoms with van der Waals surface area (Å²) in [4.78, 5) is 12.9. The van der Waals surface area contributed by atoms with E-state index in [4.69, 9.17) is 5.73 Å². The van der Waals surface area contributed by atoms with Gasteiger partial charge in [-0.05, 0) is 20.5 Å². The number of nitrogens with two attached hydrogens (primary N) is 1. The quantitative estimate of drug-likeness (QED) is 0.584. The minimum absolute atomic E-state index is 0.0314. The Bertz CT molecular complexity index is 136. The van der Waals surface area contributed by atoms with Gasteiger partial charge in [0.2, 0.25) is 5.91 Å². The zero-order valence-electron chi connectivity index (χ0n) is 8.13. The molecule has 0 radical (unpaired) electrons. The molecule has 0 aromatic heterocycles. The number of amides is 1. The molecular formula is C8H19N3O. The van der Waals surface area contributed by atoms with Gasteiger partial charge < -0.3 is 16.0 Å². The van der Waals surface area contributed by atoms with Crippen molar-refractivity contribution in [1.82, 2.24) is 10.2 Å². The first-order valence-corrected chi connectivity index (χ1v) is 4.23. The third-order valence-electron chi connectivity index (χ3n) is 1.55. The van der Waals surface area contributed by atoms with Gasteiger partial charge in [0.05, 0.1) is 6.54 Å². The second-order valence-electron chi connectivity index (χ2n) is 3.21. The third kappa shape index (κ3) is 6.12. The van der Waals surface area contributed by atoms with Gasteiger partial charge in [-0.25, -0.2) is 0 Å². The number of nitrogens with one attached hydrogen (secondary N) is 1. The second-order valence-corrected chi connectivity index (χ2v) is 3.21. The lowest BCUT2D eigenvalue weighted by atomic mass is 10.2. The minimum Gasteiger partial charge on any atom is -0.353 e. The molecule has 0 aromatic carbocycles. The van der Waals surface area contributed by atoms with Gasteiger partial charge in [-0.3, -0.25) is 4.79 Å². The minimum atomic E-state index is 0.0314. The number of nitrogens with zero attached hydrogens (tertiary/aromatic N) is 1. The molecule has 1 unspecified atom stereocenters. The van der Waals surface area contributed by atoms with E-state index in [1.165, 1.54) is 0 Å². The first-order valence-electron chi connectivity index (χ1n) is 4.23. The Kier molecular flexibility index (Phi) is 5.66. The highest BCUT2D eigenvalue weighted by Gasteiger charge is 2.04. The van der Waals surface area contributed by atoms with Crippen LogP contribution in [0, 0.1) is 0 Å². The van der Waals surface area contributed by atoms with Gasteiger partial charge in [-0.1, -0.05) is 6.92 Å². The fourth-order valence-corrected chi connectivity index (χ4v) is 0.732. The molecule has 0 rings (SSSR count). The number of hydrogen-bond acceptors (Lipinski definition) is 3. The molecule has 0 bridgehead atoms. The SMILES string of the molecule is CCC(N)CNC(=O)CN(C)C. The molecular weight excluding hydrogens is 154 g/mol. The summed E-state index contributed by atoms with van der Waals surface area (Å²) in [6.07, 6.45) is 0.891. The van der Waals surface area contributed by atoms with Crippen LogP contribution in [0.3, 0.4) is 0 Å². The molecule has 1 atom stereocenters. The smallest absolute Gasteiger partial charge is 0.234 e. The van der Waals surface area contributed by atoms with E-state index in [9.17, 15) is 4.79 Å². The van der Waals surface area contributed by atoms with Crippen molar-refractivity contribution >= 4 is 5.91 Å². The molecule has 0 saturated carbocycles. The van der Waals surface area contributed by atoms with Crippen LogP contribution >= 0.6 is 0 Å². The molecule has 1 amide bonds. The molecule has 4 nitrogen and oxygen atoms in total. The summed E-state index contributed by atoms with van der Waals surface area (Å²) in [7, 11) is 3.72. The van der Waals surface area contributed by atoms with Gasteiger partial charge in [0, 0.05) is 12.6 Å². The van der Waals surface area contributed by atoms with Gasteiger partial charge in [0.25, 0.3) is 0 Å². The Balaban J connectivity index is 3.44. The number of likely N-dealkylation sites (N-methyl/N-ethyl adjacent to an activating group) is 1. The van der Waals surface area contributed by atoms with Crippen LogP contribution < -0.4 is 11.1 Å². The van der Waals surface area contributed by atoms with E-state index in [2.05, 4.69) is 5.32 Å². The first-order chi connectivity index (χ1) is 5.56. The molecule has 4 heteroatoms. The van der Waals surface area contributed by atoms with E-state index in [1.807, 2.05) is 25.9 Å². The van der Waals surface area contributed by atoms with Crippen LogP contribution in [0.2, 0.25) is 0 Å². The predicted molar refractivity (Wildman–Crippen MR) is 49.8 cm³/mol. The van der Waals surface area contributed by atoms with Gasteiger partial charge in [-0.2, -0.15) is 0 Å². The number of carbonyl (C=O) groups excluding carboxylic acids is 1. The Labute approximate surface area is 74.1 Å². The topological polar surface area (TPSA) is 58.4 Å². The van der Waals surface area contributed by atoms with Crippen LogP contribution in [0.5, 0.6) is 0 Å². The average molecular weight is 173 g/mol. The van der Waals surface area contributed by atoms with Crippen molar-refractivity contribution in [3.05, 3.63) is 0 Å². The molecule has 0 saturated heterocycles. The molecule has 0 aliphatic carbocycles. The van der Waals surface area contributed by atoms with E-state index in [1.54, 1.807) is 0 Å². The van der Waals surface area contributed by atoms with Crippen LogP contribution in [0.25, 0.3) is 0 Å². The fraction of sp³-hybridized carbons (Fsp3) is 0.875. The summed E-state index contributed by atoms with van der Waals surface area (Å²) >= 11 is 0. The summed E-state index contributed by atoms with van der Waals surface area (Å²) in [5, 5.41) is 2.76. The van der Waals surface area contributed by atoms with Crippen molar-refractivity contribution in [1.29, 1.82) is 0 Å². The Morgan fingerprint density at radius 1 is 1.58 bits per heavy atom. The number of rotatable bonds is 5. The van der Waals surface area contributed by atoms with Gasteiger partial charge >= 0.3 is 0 Å². The summed E-state index contributed by atoms with van der Waals surface area (Å²) < 4.78 is 0. The average Bonchev–Trinajstić information content (AvgIpc) is 1.99. The van der Waals surface area contributed by atoms with Crippen molar-refractivity contribution in [2.45, 2.75) is 19.4 Å². The van der Waals surface area contributed by atoms with E-state index in [0.29, 0.717) is 13.1 Å². The highest BCUT2D eigenvalue weighted by Crippen LogP contribution is 1.82. The van der Waals surface area contributed by atoms with E-state index in [-0.39, 0.29) is 11.9 Å². The molecule has 0 spiro atoms. The summed E-state index contributed by atoms with van der Waals surface area (Å²) in [6.45, 7) is 3.00. The van der Waals surface area contributed by atoms with Crippen molar-refractivity contribution in [3.63, 3.8) is 0 Å². The highest BCUT2D eigenvalue weighted by molar-refractivity contribution is 5.77. The largest absolute Gasteiger partial charge is 0.353 e. The van der Waals surface area contributed by atoms with Crippen LogP contribution in [-0.4, -0.2) is 44.0 Å². The standard InChI is InChI=1S/C8H19N3O/c1-4-7(9)5-10-8(12)6-11(2)3/h7H,4-6,9H2,1-3H3,(H,10,12). The molecule has 0 aliphatic rings. The van der Waals surface area contributed by atoms with Crippen molar-refractivity contribution in [3.8, 4) is 0 Å². The third-order valence-corrected chi connectivity index (χ3v) is 1.55. The van der Waals surface area contributed by atoms with Crippen molar-refractivity contribution < 1.29 is 4.79 Å². The highest BCUT2D eigenvalue weighted by atomic mass is 16.2. The molecule has 0 aromatic rings. The summed E-state index contributed by atoms with van der Waals surface area (Å²) in [6, 6.07) is 0.0797. The maximum absolute atomic E-state index is 11.1. The lowest BCUT2D eigenvalue weighted by Crippen LogP contribution is -2.40. The van der Waals surface area contributed by atoms with E-state index < -0.39 is 0 Å². The Morgan fingerprint density at radius 2 is 2.17 bits per heavy atom. The van der Waals surface area contributed by atoms with Crippen LogP contribution in [-0.2, 0) is 4.79 Å². The predicted octanol–water partition coefficient (Wildman–Crippen LogP) is -0.598. The maximum Gasteiger partial charge on any atom is 0.234 e. The normalized spacial score (nSPS) is 13.1. The monoisotopic (exact) mass is 173 g/mol. The fourth-order valence-electron chi connectivity index (χ4n) is 0.732. The zero-order chi connectivity index (χ0) is 9.56. The maximum atomic E-state index is 11.1. The van der Waals surface area contributed by atoms with Crippen molar-refractivity contribution in [2.24, 2.45) is 5.73 Å². The number of hydrogen-bond donors (Lipinski definition) is 2. The zero-order valence-corrected chi connectivity index (χ0v) is 8.13. The molecule has 0 heterocycles. The Hall–Kier alpha value is -0.610. The molecule has 72 valence electrons.